The largest absolute Gasteiger partial charge is 0.484 e. The number of carbonyl (C=O) groups excluding carboxylic acids is 1. The van der Waals surface area contributed by atoms with E-state index in [0.29, 0.717) is 28.8 Å². The van der Waals surface area contributed by atoms with Crippen LogP contribution in [0.2, 0.25) is 10.0 Å². The molecule has 0 aliphatic rings. The summed E-state index contributed by atoms with van der Waals surface area (Å²) in [4.78, 5) is 11.7. The van der Waals surface area contributed by atoms with E-state index in [0.717, 1.165) is 0 Å². The highest BCUT2D eigenvalue weighted by atomic mass is 35.5. The van der Waals surface area contributed by atoms with E-state index < -0.39 is 6.10 Å². The van der Waals surface area contributed by atoms with E-state index >= 15 is 0 Å². The molecule has 1 aromatic rings. The van der Waals surface area contributed by atoms with Gasteiger partial charge in [0.15, 0.2) is 6.61 Å². The quantitative estimate of drug-likeness (QED) is 0.804. The number of aliphatic hydroxyl groups is 1. The maximum absolute atomic E-state index is 11.7. The predicted molar refractivity (Wildman–Crippen MR) is 85.0 cm³/mol. The maximum Gasteiger partial charge on any atom is 0.257 e. The minimum atomic E-state index is -0.399. The summed E-state index contributed by atoms with van der Waals surface area (Å²) in [6, 6.07) is 4.83. The number of carbonyl (C=O) groups is 1. The van der Waals surface area contributed by atoms with Crippen molar-refractivity contribution in [1.82, 2.24) is 5.32 Å². The molecule has 0 spiro atoms. The summed E-state index contributed by atoms with van der Waals surface area (Å²) in [5, 5.41) is 13.0. The first kappa shape index (κ1) is 18.1. The monoisotopic (exact) mass is 333 g/mol. The molecule has 118 valence electrons. The van der Waals surface area contributed by atoms with Gasteiger partial charge in [-0.2, -0.15) is 0 Å². The van der Waals surface area contributed by atoms with Crippen LogP contribution in [0.1, 0.15) is 27.2 Å². The van der Waals surface area contributed by atoms with Crippen LogP contribution in [0.15, 0.2) is 18.2 Å². The van der Waals surface area contributed by atoms with Gasteiger partial charge < -0.3 is 15.2 Å². The van der Waals surface area contributed by atoms with Crippen LogP contribution >= 0.6 is 23.2 Å². The number of nitrogens with one attached hydrogen (secondary N) is 1. The highest BCUT2D eigenvalue weighted by Gasteiger charge is 2.21. The Morgan fingerprint density at radius 2 is 2.05 bits per heavy atom. The maximum atomic E-state index is 11.7. The minimum Gasteiger partial charge on any atom is -0.484 e. The van der Waals surface area contributed by atoms with Gasteiger partial charge in [-0.15, -0.1) is 0 Å². The van der Waals surface area contributed by atoms with Crippen LogP contribution in [0.25, 0.3) is 0 Å². The van der Waals surface area contributed by atoms with Crippen LogP contribution in [-0.2, 0) is 4.79 Å². The molecule has 4 nitrogen and oxygen atoms in total. The Labute approximate surface area is 135 Å². The van der Waals surface area contributed by atoms with Crippen molar-refractivity contribution < 1.29 is 14.6 Å². The lowest BCUT2D eigenvalue weighted by atomic mass is 9.87. The molecule has 21 heavy (non-hydrogen) atoms. The van der Waals surface area contributed by atoms with Crippen LogP contribution in [0.5, 0.6) is 5.75 Å². The van der Waals surface area contributed by atoms with Crippen molar-refractivity contribution in [2.24, 2.45) is 5.41 Å². The van der Waals surface area contributed by atoms with Gasteiger partial charge >= 0.3 is 0 Å². The molecular weight excluding hydrogens is 313 g/mol. The topological polar surface area (TPSA) is 58.6 Å². The molecular formula is C15H21Cl2NO3. The molecule has 0 radical (unpaired) electrons. The highest BCUT2D eigenvalue weighted by molar-refractivity contribution is 6.42. The standard InChI is InChI=1S/C15H21Cl2NO3/c1-10(19)7-15(2,3)9-18-14(20)8-21-11-4-5-12(16)13(17)6-11/h4-6,10,19H,7-9H2,1-3H3,(H,18,20). The lowest BCUT2D eigenvalue weighted by Crippen LogP contribution is -2.38. The summed E-state index contributed by atoms with van der Waals surface area (Å²) in [6.07, 6.45) is 0.213. The number of aliphatic hydroxyl groups excluding tert-OH is 1. The zero-order chi connectivity index (χ0) is 16.0. The second-order valence-corrected chi connectivity index (χ2v) is 6.67. The number of hydrogen-bond acceptors (Lipinski definition) is 3. The van der Waals surface area contributed by atoms with Gasteiger partial charge in [0, 0.05) is 12.6 Å². The van der Waals surface area contributed by atoms with Gasteiger partial charge in [-0.1, -0.05) is 37.0 Å². The van der Waals surface area contributed by atoms with Gasteiger partial charge in [-0.25, -0.2) is 0 Å². The first-order valence-electron chi connectivity index (χ1n) is 6.72. The highest BCUT2D eigenvalue weighted by Crippen LogP contribution is 2.26. The van der Waals surface area contributed by atoms with Gasteiger partial charge in [0.2, 0.25) is 0 Å². The number of hydrogen-bond donors (Lipinski definition) is 2. The van der Waals surface area contributed by atoms with E-state index in [2.05, 4.69) is 5.32 Å². The Kier molecular flexibility index (Phi) is 6.78. The fraction of sp³-hybridized carbons (Fsp3) is 0.533. The first-order valence-corrected chi connectivity index (χ1v) is 7.48. The molecule has 0 aromatic heterocycles. The normalized spacial score (nSPS) is 12.9. The van der Waals surface area contributed by atoms with Gasteiger partial charge in [-0.3, -0.25) is 4.79 Å². The molecule has 1 amide bonds. The van der Waals surface area contributed by atoms with Crippen molar-refractivity contribution in [2.75, 3.05) is 13.2 Å². The molecule has 0 aliphatic carbocycles. The molecule has 1 atom stereocenters. The summed E-state index contributed by atoms with van der Waals surface area (Å²) in [6.45, 7) is 6.08. The lowest BCUT2D eigenvalue weighted by Gasteiger charge is -2.26. The average molecular weight is 334 g/mol. The second kappa shape index (κ2) is 7.87. The minimum absolute atomic E-state index is 0.0945. The summed E-state index contributed by atoms with van der Waals surface area (Å²) in [7, 11) is 0. The van der Waals surface area contributed by atoms with Crippen molar-refractivity contribution in [1.29, 1.82) is 0 Å². The van der Waals surface area contributed by atoms with Gasteiger partial charge in [0.1, 0.15) is 5.75 Å². The molecule has 0 fully saturated rings. The van der Waals surface area contributed by atoms with Gasteiger partial charge in [-0.05, 0) is 30.9 Å². The fourth-order valence-corrected chi connectivity index (χ4v) is 2.26. The van der Waals surface area contributed by atoms with Crippen LogP contribution < -0.4 is 10.1 Å². The van der Waals surface area contributed by atoms with E-state index in [-0.39, 0.29) is 17.9 Å². The van der Waals surface area contributed by atoms with E-state index in [9.17, 15) is 9.90 Å². The average Bonchev–Trinajstić information content (AvgIpc) is 2.36. The van der Waals surface area contributed by atoms with Crippen molar-refractivity contribution in [2.45, 2.75) is 33.3 Å². The van der Waals surface area contributed by atoms with Crippen LogP contribution in [-0.4, -0.2) is 30.3 Å². The van der Waals surface area contributed by atoms with Crippen molar-refractivity contribution in [3.05, 3.63) is 28.2 Å². The third-order valence-corrected chi connectivity index (χ3v) is 3.61. The van der Waals surface area contributed by atoms with Crippen LogP contribution in [0, 0.1) is 5.41 Å². The lowest BCUT2D eigenvalue weighted by molar-refractivity contribution is -0.123. The Morgan fingerprint density at radius 1 is 1.38 bits per heavy atom. The zero-order valence-corrected chi connectivity index (χ0v) is 14.0. The number of rotatable bonds is 7. The van der Waals surface area contributed by atoms with E-state index in [4.69, 9.17) is 27.9 Å². The van der Waals surface area contributed by atoms with E-state index in [1.807, 2.05) is 13.8 Å². The van der Waals surface area contributed by atoms with Gasteiger partial charge in [0.05, 0.1) is 16.1 Å². The van der Waals surface area contributed by atoms with Crippen molar-refractivity contribution in [3.8, 4) is 5.75 Å². The summed E-state index contributed by atoms with van der Waals surface area (Å²) >= 11 is 11.7. The molecule has 1 rings (SSSR count). The summed E-state index contributed by atoms with van der Waals surface area (Å²) < 4.78 is 5.35. The summed E-state index contributed by atoms with van der Waals surface area (Å²) in [5.74, 6) is 0.266. The predicted octanol–water partition coefficient (Wildman–Crippen LogP) is 3.29. The van der Waals surface area contributed by atoms with E-state index in [1.165, 1.54) is 0 Å². The third-order valence-electron chi connectivity index (χ3n) is 2.87. The smallest absolute Gasteiger partial charge is 0.257 e. The number of benzene rings is 1. The molecule has 0 aliphatic heterocycles. The number of ether oxygens (including phenoxy) is 1. The van der Waals surface area contributed by atoms with Crippen LogP contribution in [0.4, 0.5) is 0 Å². The SMILES string of the molecule is CC(O)CC(C)(C)CNC(=O)COc1ccc(Cl)c(Cl)c1. The molecule has 1 unspecified atom stereocenters. The van der Waals surface area contributed by atoms with Crippen LogP contribution in [0.3, 0.4) is 0 Å². The molecule has 6 heteroatoms. The van der Waals surface area contributed by atoms with Crippen molar-refractivity contribution >= 4 is 29.1 Å². The summed E-state index contributed by atoms with van der Waals surface area (Å²) in [5.41, 5.74) is -0.173. The Balaban J connectivity index is 2.39. The molecule has 0 saturated heterocycles. The third kappa shape index (κ3) is 7.02. The molecule has 0 saturated carbocycles. The van der Waals surface area contributed by atoms with E-state index in [1.54, 1.807) is 25.1 Å². The van der Waals surface area contributed by atoms with Crippen molar-refractivity contribution in [3.63, 3.8) is 0 Å². The molecule has 1 aromatic carbocycles. The zero-order valence-electron chi connectivity index (χ0n) is 12.5. The molecule has 0 heterocycles. The number of amides is 1. The Hall–Kier alpha value is -0.970. The fourth-order valence-electron chi connectivity index (χ4n) is 1.98. The molecule has 2 N–H and O–H groups in total. The Morgan fingerprint density at radius 3 is 2.62 bits per heavy atom. The first-order chi connectivity index (χ1) is 9.69. The Bertz CT molecular complexity index is 490. The second-order valence-electron chi connectivity index (χ2n) is 5.86. The molecule has 0 bridgehead atoms. The van der Waals surface area contributed by atoms with Gasteiger partial charge in [0.25, 0.3) is 5.91 Å². The number of halogens is 2.